The molecule has 2 unspecified atom stereocenters. The SMILES string of the molecule is CCCCCCCC(CNC)C(CCCC)CCCCC. The maximum absolute atomic E-state index is 3.47. The fourth-order valence-electron chi connectivity index (χ4n) is 3.52. The van der Waals surface area contributed by atoms with Crippen molar-refractivity contribution in [3.05, 3.63) is 0 Å². The lowest BCUT2D eigenvalue weighted by Crippen LogP contribution is -2.26. The van der Waals surface area contributed by atoms with Gasteiger partial charge in [0.25, 0.3) is 0 Å². The molecule has 0 aromatic rings. The Bertz CT molecular complexity index is 190. The summed E-state index contributed by atoms with van der Waals surface area (Å²) in [6, 6.07) is 0. The molecule has 1 heteroatoms. The summed E-state index contributed by atoms with van der Waals surface area (Å²) in [5, 5.41) is 3.47. The Kier molecular flexibility index (Phi) is 16.3. The van der Waals surface area contributed by atoms with Crippen LogP contribution in [0.5, 0.6) is 0 Å². The van der Waals surface area contributed by atoms with E-state index in [2.05, 4.69) is 33.1 Å². The summed E-state index contributed by atoms with van der Waals surface area (Å²) >= 11 is 0. The Labute approximate surface area is 135 Å². The van der Waals surface area contributed by atoms with Gasteiger partial charge in [0.2, 0.25) is 0 Å². The maximum atomic E-state index is 3.47. The summed E-state index contributed by atoms with van der Waals surface area (Å²) in [7, 11) is 2.13. The number of unbranched alkanes of at least 4 members (excludes halogenated alkanes) is 7. The molecular formula is C20H43N. The largest absolute Gasteiger partial charge is 0.319 e. The molecular weight excluding hydrogens is 254 g/mol. The molecule has 1 N–H and O–H groups in total. The molecule has 0 rings (SSSR count). The molecule has 1 nitrogen and oxygen atoms in total. The average molecular weight is 298 g/mol. The molecule has 0 aliphatic heterocycles. The van der Waals surface area contributed by atoms with Crippen LogP contribution >= 0.6 is 0 Å². The van der Waals surface area contributed by atoms with Crippen LogP contribution in [0.1, 0.15) is 104 Å². The van der Waals surface area contributed by atoms with E-state index in [4.69, 9.17) is 0 Å². The van der Waals surface area contributed by atoms with Crippen LogP contribution in [0.2, 0.25) is 0 Å². The van der Waals surface area contributed by atoms with E-state index in [1.165, 1.54) is 90.0 Å². The van der Waals surface area contributed by atoms with Crippen LogP contribution in [0, 0.1) is 11.8 Å². The first-order valence-corrected chi connectivity index (χ1v) is 9.94. The minimum atomic E-state index is 0.917. The van der Waals surface area contributed by atoms with Gasteiger partial charge in [-0.25, -0.2) is 0 Å². The highest BCUT2D eigenvalue weighted by Crippen LogP contribution is 2.28. The Balaban J connectivity index is 4.19. The molecule has 0 saturated carbocycles. The fraction of sp³-hybridized carbons (Fsp3) is 1.00. The Morgan fingerprint density at radius 3 is 1.67 bits per heavy atom. The first-order valence-electron chi connectivity index (χ1n) is 9.94. The molecule has 0 aromatic carbocycles. The lowest BCUT2D eigenvalue weighted by Gasteiger charge is -2.27. The molecule has 0 aliphatic rings. The molecule has 0 amide bonds. The van der Waals surface area contributed by atoms with Crippen LogP contribution in [0.3, 0.4) is 0 Å². The molecule has 0 fully saturated rings. The van der Waals surface area contributed by atoms with Crippen molar-refractivity contribution in [3.8, 4) is 0 Å². The summed E-state index contributed by atoms with van der Waals surface area (Å²) in [5.41, 5.74) is 0. The molecule has 0 aromatic heterocycles. The minimum absolute atomic E-state index is 0.917. The van der Waals surface area contributed by atoms with E-state index in [0.29, 0.717) is 0 Å². The van der Waals surface area contributed by atoms with E-state index >= 15 is 0 Å². The summed E-state index contributed by atoms with van der Waals surface area (Å²) in [6.45, 7) is 8.19. The van der Waals surface area contributed by atoms with E-state index in [9.17, 15) is 0 Å². The Morgan fingerprint density at radius 1 is 0.571 bits per heavy atom. The van der Waals surface area contributed by atoms with Crippen LogP contribution in [-0.4, -0.2) is 13.6 Å². The molecule has 0 bridgehead atoms. The van der Waals surface area contributed by atoms with Gasteiger partial charge in [-0.15, -0.1) is 0 Å². The quantitative estimate of drug-likeness (QED) is 0.318. The fourth-order valence-corrected chi connectivity index (χ4v) is 3.52. The van der Waals surface area contributed by atoms with Gasteiger partial charge < -0.3 is 5.32 Å². The van der Waals surface area contributed by atoms with E-state index in [0.717, 1.165) is 11.8 Å². The first kappa shape index (κ1) is 21.0. The third kappa shape index (κ3) is 12.2. The predicted octanol–water partition coefficient (Wildman–Crippen LogP) is 6.57. The van der Waals surface area contributed by atoms with Gasteiger partial charge in [-0.3, -0.25) is 0 Å². The summed E-state index contributed by atoms with van der Waals surface area (Å²) < 4.78 is 0. The zero-order chi connectivity index (χ0) is 15.8. The molecule has 0 radical (unpaired) electrons. The normalized spacial score (nSPS) is 14.3. The third-order valence-electron chi connectivity index (χ3n) is 4.92. The van der Waals surface area contributed by atoms with E-state index < -0.39 is 0 Å². The molecule has 0 aliphatic carbocycles. The first-order chi connectivity index (χ1) is 10.3. The summed E-state index contributed by atoms with van der Waals surface area (Å²) in [5.74, 6) is 1.88. The molecule has 0 spiro atoms. The number of nitrogens with one attached hydrogen (secondary N) is 1. The van der Waals surface area contributed by atoms with Gasteiger partial charge in [0.15, 0.2) is 0 Å². The Hall–Kier alpha value is -0.0400. The standard InChI is InChI=1S/C20H43N/c1-5-8-11-12-14-17-20(18-21-4)19(15-10-7-3)16-13-9-6-2/h19-21H,5-18H2,1-4H3. The molecule has 0 heterocycles. The van der Waals surface area contributed by atoms with Gasteiger partial charge in [-0.2, -0.15) is 0 Å². The van der Waals surface area contributed by atoms with Gasteiger partial charge in [0.05, 0.1) is 0 Å². The zero-order valence-corrected chi connectivity index (χ0v) is 15.6. The second-order valence-electron chi connectivity index (χ2n) is 6.92. The molecule has 21 heavy (non-hydrogen) atoms. The lowest BCUT2D eigenvalue weighted by atomic mass is 9.81. The topological polar surface area (TPSA) is 12.0 Å². The van der Waals surface area contributed by atoms with E-state index in [1.54, 1.807) is 0 Å². The van der Waals surface area contributed by atoms with Gasteiger partial charge in [-0.1, -0.05) is 97.8 Å². The van der Waals surface area contributed by atoms with Crippen LogP contribution < -0.4 is 5.32 Å². The van der Waals surface area contributed by atoms with Gasteiger partial charge in [0, 0.05) is 0 Å². The average Bonchev–Trinajstić information content (AvgIpc) is 2.49. The van der Waals surface area contributed by atoms with E-state index in [1.807, 2.05) is 0 Å². The van der Waals surface area contributed by atoms with Crippen LogP contribution in [0.25, 0.3) is 0 Å². The van der Waals surface area contributed by atoms with Crippen molar-refractivity contribution < 1.29 is 0 Å². The maximum Gasteiger partial charge on any atom is -0.00209 e. The van der Waals surface area contributed by atoms with Crippen molar-refractivity contribution in [2.45, 2.75) is 104 Å². The minimum Gasteiger partial charge on any atom is -0.319 e. The monoisotopic (exact) mass is 297 g/mol. The van der Waals surface area contributed by atoms with Crippen molar-refractivity contribution in [2.24, 2.45) is 11.8 Å². The van der Waals surface area contributed by atoms with Gasteiger partial charge in [-0.05, 0) is 31.8 Å². The van der Waals surface area contributed by atoms with E-state index in [-0.39, 0.29) is 0 Å². The lowest BCUT2D eigenvalue weighted by molar-refractivity contribution is 0.254. The Morgan fingerprint density at radius 2 is 1.05 bits per heavy atom. The zero-order valence-electron chi connectivity index (χ0n) is 15.6. The third-order valence-corrected chi connectivity index (χ3v) is 4.92. The number of hydrogen-bond donors (Lipinski definition) is 1. The van der Waals surface area contributed by atoms with Gasteiger partial charge in [0.1, 0.15) is 0 Å². The number of hydrogen-bond acceptors (Lipinski definition) is 1. The highest BCUT2D eigenvalue weighted by molar-refractivity contribution is 4.73. The molecule has 128 valence electrons. The van der Waals surface area contributed by atoms with Crippen LogP contribution in [0.15, 0.2) is 0 Å². The van der Waals surface area contributed by atoms with Crippen LogP contribution in [-0.2, 0) is 0 Å². The van der Waals surface area contributed by atoms with Crippen molar-refractivity contribution >= 4 is 0 Å². The van der Waals surface area contributed by atoms with Crippen molar-refractivity contribution in [1.82, 2.24) is 5.32 Å². The summed E-state index contributed by atoms with van der Waals surface area (Å²) in [6.07, 6.45) is 18.5. The second kappa shape index (κ2) is 16.3. The molecule has 0 saturated heterocycles. The molecule has 2 atom stereocenters. The summed E-state index contributed by atoms with van der Waals surface area (Å²) in [4.78, 5) is 0. The van der Waals surface area contributed by atoms with Crippen molar-refractivity contribution in [1.29, 1.82) is 0 Å². The van der Waals surface area contributed by atoms with Crippen LogP contribution in [0.4, 0.5) is 0 Å². The van der Waals surface area contributed by atoms with Crippen molar-refractivity contribution in [2.75, 3.05) is 13.6 Å². The number of rotatable bonds is 16. The smallest absolute Gasteiger partial charge is 0.00209 e. The van der Waals surface area contributed by atoms with Gasteiger partial charge >= 0.3 is 0 Å². The predicted molar refractivity (Wildman–Crippen MR) is 97.9 cm³/mol. The second-order valence-corrected chi connectivity index (χ2v) is 6.92. The highest BCUT2D eigenvalue weighted by atomic mass is 14.8. The van der Waals surface area contributed by atoms with Crippen molar-refractivity contribution in [3.63, 3.8) is 0 Å². The highest BCUT2D eigenvalue weighted by Gasteiger charge is 2.19.